The lowest BCUT2D eigenvalue weighted by atomic mass is 10.00. The van der Waals surface area contributed by atoms with Gasteiger partial charge in [0.15, 0.2) is 0 Å². The predicted octanol–water partition coefficient (Wildman–Crippen LogP) is 9.80. The molecule has 0 aliphatic carbocycles. The molecule has 4 nitrogen and oxygen atoms in total. The molecule has 204 valence electrons. The minimum atomic E-state index is 0.470. The van der Waals surface area contributed by atoms with Crippen molar-refractivity contribution in [3.63, 3.8) is 0 Å². The highest BCUT2D eigenvalue weighted by molar-refractivity contribution is 6.19. The highest BCUT2D eigenvalue weighted by Crippen LogP contribution is 2.41. The minimum Gasteiger partial charge on any atom is -0.307 e. The van der Waals surface area contributed by atoms with Crippen molar-refractivity contribution in [2.75, 3.05) is 0 Å². The molecule has 4 heteroatoms. The van der Waals surface area contributed by atoms with Gasteiger partial charge in [0.1, 0.15) is 0 Å². The van der Waals surface area contributed by atoms with Crippen LogP contribution in [0.3, 0.4) is 0 Å². The third kappa shape index (κ3) is 3.98. The normalized spacial score (nSPS) is 11.1. The SMILES string of the molecule is N#Cc1cc(C#N)cc(-c2cccc(-n3c4ccccc4c4ccc5cc(-c6ccccc6)n(-c6ccccc6)c5c43)c2)c1. The topological polar surface area (TPSA) is 57.4 Å². The van der Waals surface area contributed by atoms with Crippen molar-refractivity contribution >= 4 is 32.7 Å². The van der Waals surface area contributed by atoms with Gasteiger partial charge in [-0.15, -0.1) is 0 Å². The van der Waals surface area contributed by atoms with E-state index < -0.39 is 0 Å². The van der Waals surface area contributed by atoms with E-state index in [9.17, 15) is 10.5 Å². The maximum atomic E-state index is 9.61. The van der Waals surface area contributed by atoms with Gasteiger partial charge >= 0.3 is 0 Å². The summed E-state index contributed by atoms with van der Waals surface area (Å²) in [5, 5.41) is 22.7. The van der Waals surface area contributed by atoms with Gasteiger partial charge in [0, 0.05) is 27.5 Å². The van der Waals surface area contributed by atoms with Crippen molar-refractivity contribution in [2.45, 2.75) is 0 Å². The minimum absolute atomic E-state index is 0.470. The van der Waals surface area contributed by atoms with Crippen LogP contribution in [0.2, 0.25) is 0 Å². The Morgan fingerprint density at radius 3 is 1.84 bits per heavy atom. The van der Waals surface area contributed by atoms with Crippen molar-refractivity contribution in [3.8, 4) is 45.9 Å². The highest BCUT2D eigenvalue weighted by atomic mass is 15.0. The van der Waals surface area contributed by atoms with Gasteiger partial charge in [-0.3, -0.25) is 0 Å². The zero-order valence-electron chi connectivity index (χ0n) is 23.6. The average molecular weight is 561 g/mol. The van der Waals surface area contributed by atoms with E-state index in [4.69, 9.17) is 0 Å². The Bertz CT molecular complexity index is 2420. The molecular formula is C40H24N4. The van der Waals surface area contributed by atoms with Gasteiger partial charge in [-0.2, -0.15) is 10.5 Å². The van der Waals surface area contributed by atoms with Crippen LogP contribution in [0.15, 0.2) is 146 Å². The lowest BCUT2D eigenvalue weighted by Crippen LogP contribution is -2.00. The second kappa shape index (κ2) is 10.2. The second-order valence-electron chi connectivity index (χ2n) is 10.9. The summed E-state index contributed by atoms with van der Waals surface area (Å²) < 4.78 is 4.73. The number of hydrogen-bond donors (Lipinski definition) is 0. The Labute approximate surface area is 254 Å². The number of benzene rings is 6. The van der Waals surface area contributed by atoms with Crippen LogP contribution in [0, 0.1) is 22.7 Å². The molecule has 0 saturated heterocycles. The monoisotopic (exact) mass is 560 g/mol. The quantitative estimate of drug-likeness (QED) is 0.215. The number of aromatic nitrogens is 2. The van der Waals surface area contributed by atoms with Crippen LogP contribution in [0.4, 0.5) is 0 Å². The Hall–Kier alpha value is -6.36. The molecular weight excluding hydrogens is 536 g/mol. The number of para-hydroxylation sites is 2. The summed E-state index contributed by atoms with van der Waals surface area (Å²) in [5.74, 6) is 0. The molecule has 0 radical (unpaired) electrons. The van der Waals surface area contributed by atoms with E-state index in [1.54, 1.807) is 6.07 Å². The van der Waals surface area contributed by atoms with Gasteiger partial charge in [-0.1, -0.05) is 91.0 Å². The summed E-state index contributed by atoms with van der Waals surface area (Å²) in [5.41, 5.74) is 10.5. The Kier molecular flexibility index (Phi) is 5.86. The van der Waals surface area contributed by atoms with Crippen LogP contribution in [-0.4, -0.2) is 9.13 Å². The van der Waals surface area contributed by atoms with Gasteiger partial charge in [0.05, 0.1) is 45.5 Å². The van der Waals surface area contributed by atoms with E-state index in [-0.39, 0.29) is 0 Å². The van der Waals surface area contributed by atoms with Gasteiger partial charge < -0.3 is 9.13 Å². The molecule has 0 aliphatic rings. The number of rotatable bonds is 4. The fourth-order valence-electron chi connectivity index (χ4n) is 6.42. The average Bonchev–Trinajstić information content (AvgIpc) is 3.65. The Balaban J connectivity index is 1.49. The summed E-state index contributed by atoms with van der Waals surface area (Å²) in [6, 6.07) is 54.4. The lowest BCUT2D eigenvalue weighted by molar-refractivity contribution is 1.12. The fourth-order valence-corrected chi connectivity index (χ4v) is 6.42. The zero-order chi connectivity index (χ0) is 29.6. The molecule has 0 amide bonds. The number of nitriles is 2. The maximum absolute atomic E-state index is 9.61. The fraction of sp³-hybridized carbons (Fsp3) is 0. The first-order valence-corrected chi connectivity index (χ1v) is 14.5. The van der Waals surface area contributed by atoms with Crippen LogP contribution < -0.4 is 0 Å². The molecule has 0 saturated carbocycles. The van der Waals surface area contributed by atoms with Crippen molar-refractivity contribution < 1.29 is 0 Å². The molecule has 2 aromatic heterocycles. The zero-order valence-corrected chi connectivity index (χ0v) is 23.6. The molecule has 8 aromatic rings. The van der Waals surface area contributed by atoms with Gasteiger partial charge in [-0.25, -0.2) is 0 Å². The maximum Gasteiger partial charge on any atom is 0.0992 e. The van der Waals surface area contributed by atoms with Crippen molar-refractivity contribution in [3.05, 3.63) is 157 Å². The smallest absolute Gasteiger partial charge is 0.0992 e. The standard InChI is InChI=1S/C40H24N4/c41-25-27-20-28(26-42)22-32(21-27)30-12-9-15-34(23-30)44-37-17-8-7-16-35(37)36-19-18-31-24-38(29-10-3-1-4-11-29)43(39(31)40(36)44)33-13-5-2-6-14-33/h1-24H. The molecule has 0 atom stereocenters. The Morgan fingerprint density at radius 2 is 1.09 bits per heavy atom. The molecule has 44 heavy (non-hydrogen) atoms. The molecule has 8 rings (SSSR count). The molecule has 6 aromatic carbocycles. The van der Waals surface area contributed by atoms with Gasteiger partial charge in [0.2, 0.25) is 0 Å². The number of fused-ring (bicyclic) bond motifs is 5. The van der Waals surface area contributed by atoms with Gasteiger partial charge in [0.25, 0.3) is 0 Å². The summed E-state index contributed by atoms with van der Waals surface area (Å²) >= 11 is 0. The van der Waals surface area contributed by atoms with Crippen molar-refractivity contribution in [1.29, 1.82) is 10.5 Å². The lowest BCUT2D eigenvalue weighted by Gasteiger charge is -2.15. The second-order valence-corrected chi connectivity index (χ2v) is 10.9. The summed E-state index contributed by atoms with van der Waals surface area (Å²) in [4.78, 5) is 0. The van der Waals surface area contributed by atoms with Crippen LogP contribution in [0.5, 0.6) is 0 Å². The highest BCUT2D eigenvalue weighted by Gasteiger charge is 2.21. The molecule has 0 bridgehead atoms. The number of hydrogen-bond acceptors (Lipinski definition) is 2. The van der Waals surface area contributed by atoms with Crippen LogP contribution in [-0.2, 0) is 0 Å². The first kappa shape index (κ1) is 25.4. The third-order valence-corrected chi connectivity index (χ3v) is 8.31. The van der Waals surface area contributed by atoms with E-state index in [1.165, 1.54) is 10.8 Å². The van der Waals surface area contributed by atoms with Crippen LogP contribution in [0.25, 0.3) is 66.5 Å². The van der Waals surface area contributed by atoms with E-state index in [2.05, 4.69) is 130 Å². The third-order valence-electron chi connectivity index (χ3n) is 8.31. The van der Waals surface area contributed by atoms with E-state index in [0.717, 1.165) is 55.7 Å². The van der Waals surface area contributed by atoms with Crippen LogP contribution in [0.1, 0.15) is 11.1 Å². The molecule has 0 spiro atoms. The first-order chi connectivity index (χ1) is 21.7. The molecule has 0 unspecified atom stereocenters. The molecule has 0 N–H and O–H groups in total. The Morgan fingerprint density at radius 1 is 0.432 bits per heavy atom. The van der Waals surface area contributed by atoms with E-state index >= 15 is 0 Å². The van der Waals surface area contributed by atoms with Crippen molar-refractivity contribution in [2.24, 2.45) is 0 Å². The summed E-state index contributed by atoms with van der Waals surface area (Å²) in [7, 11) is 0. The predicted molar refractivity (Wildman–Crippen MR) is 178 cm³/mol. The molecule has 2 heterocycles. The van der Waals surface area contributed by atoms with Crippen molar-refractivity contribution in [1.82, 2.24) is 9.13 Å². The van der Waals surface area contributed by atoms with E-state index in [0.29, 0.717) is 11.1 Å². The largest absolute Gasteiger partial charge is 0.307 e. The first-order valence-electron chi connectivity index (χ1n) is 14.5. The molecule has 0 aliphatic heterocycles. The number of nitrogens with zero attached hydrogens (tertiary/aromatic N) is 4. The van der Waals surface area contributed by atoms with E-state index in [1.807, 2.05) is 30.3 Å². The van der Waals surface area contributed by atoms with Crippen LogP contribution >= 0.6 is 0 Å². The molecule has 0 fully saturated rings. The summed E-state index contributed by atoms with van der Waals surface area (Å²) in [6.07, 6.45) is 0. The van der Waals surface area contributed by atoms with Gasteiger partial charge in [-0.05, 0) is 71.3 Å². The summed E-state index contributed by atoms with van der Waals surface area (Å²) in [6.45, 7) is 0.